The van der Waals surface area contributed by atoms with Crippen molar-refractivity contribution in [1.29, 1.82) is 0 Å². The summed E-state index contributed by atoms with van der Waals surface area (Å²) in [4.78, 5) is 0. The Balaban J connectivity index is 3.39. The minimum Gasteiger partial charge on any atom is -0.0885 e. The van der Waals surface area contributed by atoms with Crippen molar-refractivity contribution in [3.05, 3.63) is 19.1 Å². The summed E-state index contributed by atoms with van der Waals surface area (Å²) in [6, 6.07) is 0. The molecule has 0 aliphatic rings. The SMILES string of the molecule is [CH2]CCCCCC=CCCC(C)(C)CCC. The van der Waals surface area contributed by atoms with Crippen LogP contribution in [0.5, 0.6) is 0 Å². The van der Waals surface area contributed by atoms with Crippen LogP contribution in [-0.2, 0) is 0 Å². The molecule has 1 radical (unpaired) electrons. The van der Waals surface area contributed by atoms with Crippen LogP contribution in [0.25, 0.3) is 0 Å². The van der Waals surface area contributed by atoms with E-state index in [9.17, 15) is 0 Å². The number of unbranched alkanes of at least 4 members (excludes halogenated alkanes) is 4. The van der Waals surface area contributed by atoms with Crippen molar-refractivity contribution in [3.63, 3.8) is 0 Å². The van der Waals surface area contributed by atoms with Gasteiger partial charge in [0.1, 0.15) is 0 Å². The molecule has 0 nitrogen and oxygen atoms in total. The van der Waals surface area contributed by atoms with E-state index in [1.807, 2.05) is 0 Å². The fraction of sp³-hybridized carbons (Fsp3) is 0.812. The minimum atomic E-state index is 0.535. The Labute approximate surface area is 104 Å². The maximum atomic E-state index is 3.86. The van der Waals surface area contributed by atoms with Crippen molar-refractivity contribution in [2.24, 2.45) is 5.41 Å². The van der Waals surface area contributed by atoms with E-state index >= 15 is 0 Å². The van der Waals surface area contributed by atoms with Crippen molar-refractivity contribution in [2.45, 2.75) is 78.6 Å². The third-order valence-corrected chi connectivity index (χ3v) is 3.20. The maximum absolute atomic E-state index is 3.86. The predicted octanol–water partition coefficient (Wildman–Crippen LogP) is 5.93. The highest BCUT2D eigenvalue weighted by Crippen LogP contribution is 2.28. The Morgan fingerprint density at radius 1 is 0.938 bits per heavy atom. The van der Waals surface area contributed by atoms with Gasteiger partial charge in [0.05, 0.1) is 0 Å². The molecule has 0 spiro atoms. The van der Waals surface area contributed by atoms with Crippen LogP contribution in [0.4, 0.5) is 0 Å². The number of rotatable bonds is 10. The average Bonchev–Trinajstić information content (AvgIpc) is 2.22. The van der Waals surface area contributed by atoms with Gasteiger partial charge in [-0.3, -0.25) is 0 Å². The van der Waals surface area contributed by atoms with Crippen LogP contribution in [0.3, 0.4) is 0 Å². The highest BCUT2D eigenvalue weighted by Gasteiger charge is 2.14. The van der Waals surface area contributed by atoms with Crippen molar-refractivity contribution in [3.8, 4) is 0 Å². The Kier molecular flexibility index (Phi) is 9.77. The van der Waals surface area contributed by atoms with Crippen LogP contribution >= 0.6 is 0 Å². The standard InChI is InChI=1S/C16H31/c1-5-7-8-9-10-11-12-13-15-16(3,4)14-6-2/h11-12H,1,5-10,13-15H2,2-4H3. The maximum Gasteiger partial charge on any atom is -0.0346 e. The second-order valence-electron chi connectivity index (χ2n) is 5.63. The summed E-state index contributed by atoms with van der Waals surface area (Å²) in [6.07, 6.45) is 16.3. The Hall–Kier alpha value is -0.260. The van der Waals surface area contributed by atoms with Crippen molar-refractivity contribution in [1.82, 2.24) is 0 Å². The van der Waals surface area contributed by atoms with Gasteiger partial charge in [0, 0.05) is 0 Å². The molecule has 0 atom stereocenters. The molecular weight excluding hydrogens is 192 g/mol. The van der Waals surface area contributed by atoms with E-state index < -0.39 is 0 Å². The lowest BCUT2D eigenvalue weighted by Gasteiger charge is -2.22. The van der Waals surface area contributed by atoms with Crippen LogP contribution in [0.1, 0.15) is 78.6 Å². The smallest absolute Gasteiger partial charge is 0.0346 e. The third kappa shape index (κ3) is 10.3. The quantitative estimate of drug-likeness (QED) is 0.318. The summed E-state index contributed by atoms with van der Waals surface area (Å²) in [5.41, 5.74) is 0.535. The molecule has 0 rings (SSSR count). The number of allylic oxidation sites excluding steroid dienone is 2. The molecule has 0 saturated carbocycles. The van der Waals surface area contributed by atoms with Gasteiger partial charge in [0.15, 0.2) is 0 Å². The van der Waals surface area contributed by atoms with Crippen molar-refractivity contribution < 1.29 is 0 Å². The first-order valence-electron chi connectivity index (χ1n) is 7.06. The molecule has 0 aromatic carbocycles. The third-order valence-electron chi connectivity index (χ3n) is 3.20. The lowest BCUT2D eigenvalue weighted by Crippen LogP contribution is -2.09. The van der Waals surface area contributed by atoms with Crippen molar-refractivity contribution >= 4 is 0 Å². The molecule has 0 aromatic rings. The van der Waals surface area contributed by atoms with Crippen molar-refractivity contribution in [2.75, 3.05) is 0 Å². The van der Waals surface area contributed by atoms with E-state index in [2.05, 4.69) is 39.8 Å². The summed E-state index contributed by atoms with van der Waals surface area (Å²) in [5.74, 6) is 0. The molecule has 0 bridgehead atoms. The second kappa shape index (κ2) is 9.93. The van der Waals surface area contributed by atoms with E-state index in [0.717, 1.165) is 6.42 Å². The molecule has 0 heterocycles. The fourth-order valence-corrected chi connectivity index (χ4v) is 2.13. The molecule has 0 fully saturated rings. The van der Waals surface area contributed by atoms with E-state index in [-0.39, 0.29) is 0 Å². The summed E-state index contributed by atoms with van der Waals surface area (Å²) < 4.78 is 0. The molecule has 0 saturated heterocycles. The first-order chi connectivity index (χ1) is 7.62. The van der Waals surface area contributed by atoms with Gasteiger partial charge in [-0.2, -0.15) is 0 Å². The van der Waals surface area contributed by atoms with Gasteiger partial charge >= 0.3 is 0 Å². The second-order valence-corrected chi connectivity index (χ2v) is 5.63. The van der Waals surface area contributed by atoms with Crippen LogP contribution in [0.15, 0.2) is 12.2 Å². The fourth-order valence-electron chi connectivity index (χ4n) is 2.13. The van der Waals surface area contributed by atoms with Crippen LogP contribution in [0, 0.1) is 12.3 Å². The molecule has 16 heavy (non-hydrogen) atoms. The van der Waals surface area contributed by atoms with Gasteiger partial charge in [-0.1, -0.05) is 65.5 Å². The van der Waals surface area contributed by atoms with Gasteiger partial charge in [-0.15, -0.1) is 0 Å². The summed E-state index contributed by atoms with van der Waals surface area (Å²) in [6.45, 7) is 10.9. The Morgan fingerprint density at radius 2 is 1.62 bits per heavy atom. The predicted molar refractivity (Wildman–Crippen MR) is 75.5 cm³/mol. The lowest BCUT2D eigenvalue weighted by atomic mass is 9.83. The highest BCUT2D eigenvalue weighted by atomic mass is 14.2. The lowest BCUT2D eigenvalue weighted by molar-refractivity contribution is 0.307. The topological polar surface area (TPSA) is 0 Å². The molecule has 95 valence electrons. The average molecular weight is 223 g/mol. The molecule has 0 aliphatic heterocycles. The molecular formula is C16H31. The minimum absolute atomic E-state index is 0.535. The number of hydrogen-bond donors (Lipinski definition) is 0. The van der Waals surface area contributed by atoms with Crippen LogP contribution in [0.2, 0.25) is 0 Å². The zero-order valence-corrected chi connectivity index (χ0v) is 11.7. The van der Waals surface area contributed by atoms with Crippen LogP contribution < -0.4 is 0 Å². The summed E-state index contributed by atoms with van der Waals surface area (Å²) >= 11 is 0. The van der Waals surface area contributed by atoms with Gasteiger partial charge in [-0.05, 0) is 37.5 Å². The van der Waals surface area contributed by atoms with E-state index in [4.69, 9.17) is 0 Å². The molecule has 0 N–H and O–H groups in total. The first-order valence-corrected chi connectivity index (χ1v) is 7.06. The van der Waals surface area contributed by atoms with Gasteiger partial charge in [-0.25, -0.2) is 0 Å². The monoisotopic (exact) mass is 223 g/mol. The normalized spacial score (nSPS) is 12.5. The summed E-state index contributed by atoms with van der Waals surface area (Å²) in [5, 5.41) is 0. The van der Waals surface area contributed by atoms with Gasteiger partial charge in [0.2, 0.25) is 0 Å². The number of hydrogen-bond acceptors (Lipinski definition) is 0. The molecule has 0 heteroatoms. The summed E-state index contributed by atoms with van der Waals surface area (Å²) in [7, 11) is 0. The van der Waals surface area contributed by atoms with Crippen LogP contribution in [-0.4, -0.2) is 0 Å². The van der Waals surface area contributed by atoms with Gasteiger partial charge in [0.25, 0.3) is 0 Å². The zero-order chi connectivity index (χ0) is 12.3. The molecule has 0 aliphatic carbocycles. The van der Waals surface area contributed by atoms with E-state index in [0.29, 0.717) is 5.41 Å². The Bertz CT molecular complexity index is 165. The van der Waals surface area contributed by atoms with E-state index in [1.54, 1.807) is 0 Å². The van der Waals surface area contributed by atoms with Gasteiger partial charge < -0.3 is 0 Å². The zero-order valence-electron chi connectivity index (χ0n) is 11.7. The first kappa shape index (κ1) is 15.7. The van der Waals surface area contributed by atoms with E-state index in [1.165, 1.54) is 51.4 Å². The molecule has 0 amide bonds. The Morgan fingerprint density at radius 3 is 2.25 bits per heavy atom. The molecule has 0 unspecified atom stereocenters. The largest absolute Gasteiger partial charge is 0.0885 e. The highest BCUT2D eigenvalue weighted by molar-refractivity contribution is 4.83. The molecule has 0 aromatic heterocycles.